The number of halogens is 1. The number of nitrogens with one attached hydrogen (secondary N) is 3. The van der Waals surface area contributed by atoms with E-state index in [0.717, 1.165) is 6.26 Å². The first-order valence-corrected chi connectivity index (χ1v) is 11.5. The molecule has 7 nitrogen and oxygen atoms in total. The van der Waals surface area contributed by atoms with Crippen LogP contribution in [0.25, 0.3) is 5.57 Å². The van der Waals surface area contributed by atoms with Gasteiger partial charge in [0.05, 0.1) is 17.7 Å². The van der Waals surface area contributed by atoms with Crippen LogP contribution in [0.15, 0.2) is 64.2 Å². The van der Waals surface area contributed by atoms with Crippen LogP contribution >= 0.6 is 11.3 Å². The Hall–Kier alpha value is -2.98. The highest BCUT2D eigenvalue weighted by molar-refractivity contribution is 7.92. The van der Waals surface area contributed by atoms with Crippen molar-refractivity contribution in [3.8, 4) is 0 Å². The van der Waals surface area contributed by atoms with Crippen LogP contribution in [0.5, 0.6) is 0 Å². The third kappa shape index (κ3) is 4.08. The summed E-state index contributed by atoms with van der Waals surface area (Å²) in [6, 6.07) is 7.42. The number of carbonyl (C=O) groups excluding carboxylic acids is 1. The van der Waals surface area contributed by atoms with Crippen molar-refractivity contribution in [3.05, 3.63) is 70.2 Å². The van der Waals surface area contributed by atoms with Crippen molar-refractivity contribution in [2.24, 2.45) is 11.0 Å². The summed E-state index contributed by atoms with van der Waals surface area (Å²) in [7, 11) is -3.38. The molecule has 1 amide bonds. The monoisotopic (exact) mass is 432 g/mol. The minimum absolute atomic E-state index is 0.287. The van der Waals surface area contributed by atoms with Crippen molar-refractivity contribution in [3.63, 3.8) is 0 Å². The molecule has 0 saturated heterocycles. The molecule has 2 aliphatic rings. The molecule has 0 saturated carbocycles. The molecule has 1 aromatic heterocycles. The van der Waals surface area contributed by atoms with Gasteiger partial charge in [0, 0.05) is 16.6 Å². The van der Waals surface area contributed by atoms with Crippen molar-refractivity contribution in [1.82, 2.24) is 10.7 Å². The number of hydrogen-bond acceptors (Lipinski definition) is 6. The summed E-state index contributed by atoms with van der Waals surface area (Å²) in [5, 5.41) is 10.4. The van der Waals surface area contributed by atoms with Crippen molar-refractivity contribution >= 4 is 44.4 Å². The minimum Gasteiger partial charge on any atom is -0.308 e. The van der Waals surface area contributed by atoms with Crippen LogP contribution in [-0.4, -0.2) is 32.5 Å². The number of rotatable bonds is 4. The number of anilines is 1. The number of nitrogens with zero attached hydrogens (tertiary/aromatic N) is 1. The number of sulfonamides is 1. The molecule has 3 N–H and O–H groups in total. The molecule has 150 valence electrons. The Kier molecular flexibility index (Phi) is 4.97. The molecule has 1 aliphatic carbocycles. The maximum atomic E-state index is 15.1. The smallest absolute Gasteiger partial charge is 0.257 e. The zero-order chi connectivity index (χ0) is 20.6. The maximum absolute atomic E-state index is 15.1. The Morgan fingerprint density at radius 3 is 2.66 bits per heavy atom. The normalized spacial score (nSPS) is 20.7. The van der Waals surface area contributed by atoms with Gasteiger partial charge in [0.2, 0.25) is 10.0 Å². The summed E-state index contributed by atoms with van der Waals surface area (Å²) < 4.78 is 40.1. The lowest BCUT2D eigenvalue weighted by Crippen LogP contribution is -2.38. The largest absolute Gasteiger partial charge is 0.308 e. The van der Waals surface area contributed by atoms with Crippen molar-refractivity contribution in [1.29, 1.82) is 0 Å². The number of hydrogen-bond donors (Lipinski definition) is 3. The van der Waals surface area contributed by atoms with Gasteiger partial charge in [-0.3, -0.25) is 14.9 Å². The molecule has 4 rings (SSSR count). The molecule has 0 fully saturated rings. The molecule has 1 aliphatic heterocycles. The number of fused-ring (bicyclic) bond motifs is 1. The fraction of sp³-hybridized carbons (Fsp3) is 0.158. The summed E-state index contributed by atoms with van der Waals surface area (Å²) >= 11 is 1.42. The fourth-order valence-electron chi connectivity index (χ4n) is 3.17. The van der Waals surface area contributed by atoms with Crippen LogP contribution in [-0.2, 0) is 10.0 Å². The lowest BCUT2D eigenvalue weighted by atomic mass is 9.88. The van der Waals surface area contributed by atoms with Crippen LogP contribution in [0.1, 0.15) is 15.9 Å². The van der Waals surface area contributed by atoms with E-state index in [0.29, 0.717) is 28.2 Å². The van der Waals surface area contributed by atoms with Crippen LogP contribution in [0.4, 0.5) is 10.1 Å². The van der Waals surface area contributed by atoms with Crippen molar-refractivity contribution in [2.45, 2.75) is 6.04 Å². The van der Waals surface area contributed by atoms with Gasteiger partial charge in [-0.05, 0) is 29.1 Å². The average molecular weight is 433 g/mol. The highest BCUT2D eigenvalue weighted by atomic mass is 32.2. The Labute approximate surface area is 171 Å². The molecule has 10 heteroatoms. The van der Waals surface area contributed by atoms with Gasteiger partial charge in [0.15, 0.2) is 0 Å². The van der Waals surface area contributed by atoms with Gasteiger partial charge in [-0.15, -0.1) is 0 Å². The summed E-state index contributed by atoms with van der Waals surface area (Å²) in [6.07, 6.45) is 4.50. The van der Waals surface area contributed by atoms with E-state index in [9.17, 15) is 13.2 Å². The first-order valence-electron chi connectivity index (χ1n) is 8.64. The van der Waals surface area contributed by atoms with Gasteiger partial charge in [0.25, 0.3) is 5.91 Å². The molecule has 2 heterocycles. The average Bonchev–Trinajstić information content (AvgIpc) is 3.32. The molecule has 0 bridgehead atoms. The highest BCUT2D eigenvalue weighted by Gasteiger charge is 2.37. The standard InChI is InChI=1S/C19H17FN4O3S2/c1-29(26,27)24-13-4-2-11(3-5-13)14-6-7-15-17(16(14)20)22-23-18(15)21-19(25)12-8-9-28-10-12/h2-10,15,17,22,24H,1H3,(H,21,23,25). The van der Waals surface area contributed by atoms with Gasteiger partial charge in [-0.25, -0.2) is 12.8 Å². The minimum atomic E-state index is -3.38. The van der Waals surface area contributed by atoms with E-state index in [1.54, 1.807) is 53.2 Å². The summed E-state index contributed by atoms with van der Waals surface area (Å²) in [6.45, 7) is 0. The topological polar surface area (TPSA) is 99.7 Å². The van der Waals surface area contributed by atoms with Gasteiger partial charge in [0.1, 0.15) is 17.7 Å². The van der Waals surface area contributed by atoms with E-state index in [1.807, 2.05) is 0 Å². The lowest BCUT2D eigenvalue weighted by molar-refractivity contribution is 0.0976. The lowest BCUT2D eigenvalue weighted by Gasteiger charge is -2.22. The third-order valence-corrected chi connectivity index (χ3v) is 5.81. The zero-order valence-corrected chi connectivity index (χ0v) is 16.9. The van der Waals surface area contributed by atoms with E-state index in [4.69, 9.17) is 0 Å². The Morgan fingerprint density at radius 1 is 1.24 bits per heavy atom. The maximum Gasteiger partial charge on any atom is 0.257 e. The van der Waals surface area contributed by atoms with Crippen molar-refractivity contribution < 1.29 is 17.6 Å². The molecule has 29 heavy (non-hydrogen) atoms. The predicted molar refractivity (Wildman–Crippen MR) is 112 cm³/mol. The van der Waals surface area contributed by atoms with E-state index >= 15 is 4.39 Å². The van der Waals surface area contributed by atoms with Crippen molar-refractivity contribution in [2.75, 3.05) is 11.0 Å². The van der Waals surface area contributed by atoms with E-state index in [2.05, 4.69) is 20.6 Å². The van der Waals surface area contributed by atoms with Crippen LogP contribution < -0.4 is 15.5 Å². The molecular formula is C19H17FN4O3S2. The van der Waals surface area contributed by atoms with Gasteiger partial charge in [-0.2, -0.15) is 16.4 Å². The molecule has 2 unspecified atom stereocenters. The third-order valence-electron chi connectivity index (χ3n) is 4.52. The molecule has 2 atom stereocenters. The quantitative estimate of drug-likeness (QED) is 0.692. The first kappa shape index (κ1) is 19.3. The number of hydrazone groups is 1. The number of amidine groups is 1. The second-order valence-electron chi connectivity index (χ2n) is 6.67. The number of allylic oxidation sites excluding steroid dienone is 2. The second-order valence-corrected chi connectivity index (χ2v) is 9.20. The Balaban J connectivity index is 1.50. The second kappa shape index (κ2) is 7.45. The fourth-order valence-corrected chi connectivity index (χ4v) is 4.38. The molecule has 1 aromatic carbocycles. The van der Waals surface area contributed by atoms with Gasteiger partial charge < -0.3 is 5.32 Å². The van der Waals surface area contributed by atoms with E-state index in [1.165, 1.54) is 11.3 Å². The Bertz CT molecular complexity index is 1140. The van der Waals surface area contributed by atoms with Gasteiger partial charge in [-0.1, -0.05) is 24.3 Å². The van der Waals surface area contributed by atoms with Crippen LogP contribution in [0, 0.1) is 5.92 Å². The zero-order valence-electron chi connectivity index (χ0n) is 15.2. The summed E-state index contributed by atoms with van der Waals surface area (Å²) in [4.78, 5) is 12.2. The molecule has 2 aromatic rings. The van der Waals surface area contributed by atoms with Gasteiger partial charge >= 0.3 is 0 Å². The number of benzene rings is 1. The number of carbonyl (C=O) groups is 1. The summed E-state index contributed by atoms with van der Waals surface area (Å²) in [5.74, 6) is -0.744. The molecular weight excluding hydrogens is 415 g/mol. The Morgan fingerprint density at radius 2 is 2.00 bits per heavy atom. The van der Waals surface area contributed by atoms with E-state index in [-0.39, 0.29) is 5.91 Å². The molecule has 0 radical (unpaired) electrons. The highest BCUT2D eigenvalue weighted by Crippen LogP contribution is 2.34. The van der Waals surface area contributed by atoms with Crippen LogP contribution in [0.2, 0.25) is 0 Å². The number of amides is 1. The first-order chi connectivity index (χ1) is 13.8. The molecule has 0 spiro atoms. The SMILES string of the molecule is CS(=O)(=O)Nc1ccc(C2=C(F)C3NN=C(NC(=O)c4ccsc4)C3C=C2)cc1. The van der Waals surface area contributed by atoms with Crippen LogP contribution in [0.3, 0.4) is 0 Å². The summed E-state index contributed by atoms with van der Waals surface area (Å²) in [5.41, 5.74) is 4.66. The predicted octanol–water partition coefficient (Wildman–Crippen LogP) is 2.70. The number of thiophene rings is 1. The van der Waals surface area contributed by atoms with E-state index < -0.39 is 27.8 Å².